The topological polar surface area (TPSA) is 41.6 Å². The molecule has 0 aliphatic heterocycles. The summed E-state index contributed by atoms with van der Waals surface area (Å²) in [6.45, 7) is 3.14. The van der Waals surface area contributed by atoms with Crippen LogP contribution in [0.4, 0.5) is 10.5 Å². The molecule has 0 saturated heterocycles. The molecule has 1 N–H and O–H groups in total. The second-order valence-corrected chi connectivity index (χ2v) is 5.97. The molecule has 0 atom stereocenters. The highest BCUT2D eigenvalue weighted by Gasteiger charge is 2.09. The number of carbonyl (C=O) groups excluding carboxylic acids is 1. The van der Waals surface area contributed by atoms with Gasteiger partial charge in [0.15, 0.2) is 0 Å². The van der Waals surface area contributed by atoms with Gasteiger partial charge in [-0.25, -0.2) is 4.79 Å². The molecule has 122 valence electrons. The molecule has 0 fully saturated rings. The maximum atomic E-state index is 12.2. The fourth-order valence-electron chi connectivity index (χ4n) is 2.10. The molecule has 0 spiro atoms. The minimum atomic E-state index is -0.136. The fraction of sp³-hybridized carbons (Fsp3) is 0.278. The van der Waals surface area contributed by atoms with E-state index in [0.717, 1.165) is 17.0 Å². The molecule has 0 radical (unpaired) electrons. The Kier molecular flexibility index (Phi) is 6.35. The Hall–Kier alpha value is -2.14. The Bertz CT molecular complexity index is 626. The number of hydrogen-bond acceptors (Lipinski definition) is 3. The van der Waals surface area contributed by atoms with E-state index in [2.05, 4.69) is 17.4 Å². The van der Waals surface area contributed by atoms with E-state index in [0.29, 0.717) is 13.2 Å². The molecule has 0 saturated carbocycles. The Morgan fingerprint density at radius 3 is 2.35 bits per heavy atom. The average molecular weight is 330 g/mol. The number of anilines is 1. The predicted molar refractivity (Wildman–Crippen MR) is 96.3 cm³/mol. The third-order valence-corrected chi connectivity index (χ3v) is 4.09. The molecular formula is C18H22N2O2S. The van der Waals surface area contributed by atoms with Crippen molar-refractivity contribution in [2.24, 2.45) is 0 Å². The van der Waals surface area contributed by atoms with E-state index in [1.807, 2.05) is 49.6 Å². The zero-order chi connectivity index (χ0) is 16.7. The van der Waals surface area contributed by atoms with Crippen molar-refractivity contribution in [1.29, 1.82) is 0 Å². The number of thioether (sulfide) groups is 1. The summed E-state index contributed by atoms with van der Waals surface area (Å²) in [5, 5.41) is 2.88. The second-order valence-electron chi connectivity index (χ2n) is 5.09. The molecule has 0 unspecified atom stereocenters. The van der Waals surface area contributed by atoms with Crippen LogP contribution >= 0.6 is 11.8 Å². The Labute approximate surface area is 141 Å². The van der Waals surface area contributed by atoms with Gasteiger partial charge in [-0.1, -0.05) is 12.1 Å². The third-order valence-electron chi connectivity index (χ3n) is 3.34. The van der Waals surface area contributed by atoms with E-state index in [1.165, 1.54) is 4.90 Å². The van der Waals surface area contributed by atoms with E-state index in [4.69, 9.17) is 4.74 Å². The zero-order valence-corrected chi connectivity index (χ0v) is 14.5. The van der Waals surface area contributed by atoms with E-state index in [1.54, 1.807) is 23.7 Å². The molecule has 2 aromatic rings. The van der Waals surface area contributed by atoms with Crippen LogP contribution in [0.3, 0.4) is 0 Å². The van der Waals surface area contributed by atoms with Crippen molar-refractivity contribution in [2.45, 2.75) is 18.4 Å². The quantitative estimate of drug-likeness (QED) is 0.795. The number of amides is 2. The van der Waals surface area contributed by atoms with Crippen LogP contribution in [0.25, 0.3) is 0 Å². The third kappa shape index (κ3) is 5.21. The smallest absolute Gasteiger partial charge is 0.321 e. The van der Waals surface area contributed by atoms with E-state index >= 15 is 0 Å². The van der Waals surface area contributed by atoms with Crippen molar-refractivity contribution in [2.75, 3.05) is 25.2 Å². The van der Waals surface area contributed by atoms with Crippen molar-refractivity contribution in [1.82, 2.24) is 4.90 Å². The monoisotopic (exact) mass is 330 g/mol. The molecule has 4 nitrogen and oxygen atoms in total. The minimum Gasteiger partial charge on any atom is -0.494 e. The van der Waals surface area contributed by atoms with Crippen molar-refractivity contribution in [3.05, 3.63) is 54.1 Å². The van der Waals surface area contributed by atoms with Gasteiger partial charge in [-0.2, -0.15) is 0 Å². The van der Waals surface area contributed by atoms with Crippen LogP contribution < -0.4 is 10.1 Å². The van der Waals surface area contributed by atoms with Gasteiger partial charge in [-0.05, 0) is 55.1 Å². The Morgan fingerprint density at radius 2 is 1.78 bits per heavy atom. The summed E-state index contributed by atoms with van der Waals surface area (Å²) in [6.07, 6.45) is 2.05. The normalized spacial score (nSPS) is 10.2. The summed E-state index contributed by atoms with van der Waals surface area (Å²) >= 11 is 1.71. The summed E-state index contributed by atoms with van der Waals surface area (Å²) < 4.78 is 5.39. The number of carbonyl (C=O) groups is 1. The number of urea groups is 1. The SMILES string of the molecule is CCOc1ccc(NC(=O)N(C)Cc2ccc(SC)cc2)cc1. The van der Waals surface area contributed by atoms with Crippen LogP contribution in [0.2, 0.25) is 0 Å². The molecule has 0 aliphatic carbocycles. The lowest BCUT2D eigenvalue weighted by Crippen LogP contribution is -2.30. The molecule has 2 aromatic carbocycles. The van der Waals surface area contributed by atoms with Crippen molar-refractivity contribution < 1.29 is 9.53 Å². The minimum absolute atomic E-state index is 0.136. The van der Waals surface area contributed by atoms with Gasteiger partial charge in [0.1, 0.15) is 5.75 Å². The lowest BCUT2D eigenvalue weighted by molar-refractivity contribution is 0.220. The molecule has 0 bridgehead atoms. The standard InChI is InChI=1S/C18H22N2O2S/c1-4-22-16-9-7-15(8-10-16)19-18(21)20(2)13-14-5-11-17(23-3)12-6-14/h5-12H,4,13H2,1-3H3,(H,19,21). The molecular weight excluding hydrogens is 308 g/mol. The van der Waals surface area contributed by atoms with Crippen LogP contribution in [0.1, 0.15) is 12.5 Å². The highest BCUT2D eigenvalue weighted by atomic mass is 32.2. The first-order valence-corrected chi connectivity index (χ1v) is 8.72. The van der Waals surface area contributed by atoms with Crippen molar-refractivity contribution >= 4 is 23.5 Å². The van der Waals surface area contributed by atoms with Gasteiger partial charge in [0.25, 0.3) is 0 Å². The van der Waals surface area contributed by atoms with E-state index in [-0.39, 0.29) is 6.03 Å². The fourth-order valence-corrected chi connectivity index (χ4v) is 2.50. The van der Waals surface area contributed by atoms with Crippen LogP contribution in [0, 0.1) is 0 Å². The number of ether oxygens (including phenoxy) is 1. The van der Waals surface area contributed by atoms with Gasteiger partial charge in [0.2, 0.25) is 0 Å². The number of benzene rings is 2. The lowest BCUT2D eigenvalue weighted by atomic mass is 10.2. The summed E-state index contributed by atoms with van der Waals surface area (Å²) in [7, 11) is 1.78. The summed E-state index contributed by atoms with van der Waals surface area (Å²) in [5.74, 6) is 0.799. The highest BCUT2D eigenvalue weighted by Crippen LogP contribution is 2.17. The number of nitrogens with zero attached hydrogens (tertiary/aromatic N) is 1. The number of rotatable bonds is 6. The molecule has 5 heteroatoms. The predicted octanol–water partition coefficient (Wildman–Crippen LogP) is 4.47. The first-order chi connectivity index (χ1) is 11.1. The molecule has 2 amide bonds. The maximum Gasteiger partial charge on any atom is 0.321 e. The molecule has 0 aliphatic rings. The van der Waals surface area contributed by atoms with Crippen LogP contribution in [0.15, 0.2) is 53.4 Å². The first kappa shape index (κ1) is 17.2. The lowest BCUT2D eigenvalue weighted by Gasteiger charge is -2.18. The zero-order valence-electron chi connectivity index (χ0n) is 13.7. The maximum absolute atomic E-state index is 12.2. The van der Waals surface area contributed by atoms with Gasteiger partial charge in [0, 0.05) is 24.2 Å². The van der Waals surface area contributed by atoms with Gasteiger partial charge in [-0.15, -0.1) is 11.8 Å². The van der Waals surface area contributed by atoms with Crippen LogP contribution in [0.5, 0.6) is 5.75 Å². The van der Waals surface area contributed by atoms with Crippen LogP contribution in [-0.4, -0.2) is 30.8 Å². The molecule has 0 heterocycles. The van der Waals surface area contributed by atoms with Crippen LogP contribution in [-0.2, 0) is 6.54 Å². The first-order valence-electron chi connectivity index (χ1n) is 7.50. The van der Waals surface area contributed by atoms with Gasteiger partial charge in [0.05, 0.1) is 6.61 Å². The Morgan fingerprint density at radius 1 is 1.13 bits per heavy atom. The summed E-state index contributed by atoms with van der Waals surface area (Å²) in [6, 6.07) is 15.5. The van der Waals surface area contributed by atoms with Crippen molar-refractivity contribution in [3.8, 4) is 5.75 Å². The van der Waals surface area contributed by atoms with E-state index < -0.39 is 0 Å². The molecule has 2 rings (SSSR count). The molecule has 0 aromatic heterocycles. The largest absolute Gasteiger partial charge is 0.494 e. The summed E-state index contributed by atoms with van der Waals surface area (Å²) in [5.41, 5.74) is 1.86. The second kappa shape index (κ2) is 8.48. The van der Waals surface area contributed by atoms with E-state index in [9.17, 15) is 4.79 Å². The average Bonchev–Trinajstić information content (AvgIpc) is 2.57. The molecule has 23 heavy (non-hydrogen) atoms. The van der Waals surface area contributed by atoms with Gasteiger partial charge >= 0.3 is 6.03 Å². The highest BCUT2D eigenvalue weighted by molar-refractivity contribution is 7.98. The van der Waals surface area contributed by atoms with Crippen molar-refractivity contribution in [3.63, 3.8) is 0 Å². The number of nitrogens with one attached hydrogen (secondary N) is 1. The number of hydrogen-bond donors (Lipinski definition) is 1. The van der Waals surface area contributed by atoms with Gasteiger partial charge in [-0.3, -0.25) is 0 Å². The summed E-state index contributed by atoms with van der Waals surface area (Å²) in [4.78, 5) is 15.1. The Balaban J connectivity index is 1.90. The van der Waals surface area contributed by atoms with Gasteiger partial charge < -0.3 is 15.0 Å².